The number of hydrogen-bond donors (Lipinski definition) is 0. The smallest absolute Gasteiger partial charge is 0.228 e. The standard InChI is InChI=1S/C18H27FN4O2S/c1-13(2)11-23-17(22-7-9-25-10-8-22)20-21-18(23)26-12-16(24)14(3)5-6-15(4)19/h5-6,13H,7-12H2,1-4H3/b14-5+,15-6+. The highest BCUT2D eigenvalue weighted by molar-refractivity contribution is 7.99. The number of hydrogen-bond acceptors (Lipinski definition) is 6. The SMILES string of the molecule is C/C(F)=C\C=C(/C)C(=O)CSc1nnc(N2CCOCC2)n1CC(C)C. The van der Waals surface area contributed by atoms with E-state index in [1.54, 1.807) is 6.92 Å². The Hall–Kier alpha value is -1.67. The topological polar surface area (TPSA) is 60.3 Å². The molecular weight excluding hydrogens is 355 g/mol. The molecule has 1 aromatic rings. The summed E-state index contributed by atoms with van der Waals surface area (Å²) < 4.78 is 20.3. The summed E-state index contributed by atoms with van der Waals surface area (Å²) in [6, 6.07) is 0. The van der Waals surface area contributed by atoms with Crippen LogP contribution in [0, 0.1) is 5.92 Å². The van der Waals surface area contributed by atoms with Crippen molar-refractivity contribution in [2.75, 3.05) is 37.0 Å². The number of morpholine rings is 1. The quantitative estimate of drug-likeness (QED) is 0.391. The van der Waals surface area contributed by atoms with Gasteiger partial charge in [-0.2, -0.15) is 0 Å². The van der Waals surface area contributed by atoms with Gasteiger partial charge in [-0.3, -0.25) is 9.36 Å². The number of nitrogens with zero attached hydrogens (tertiary/aromatic N) is 4. The van der Waals surface area contributed by atoms with Crippen LogP contribution in [-0.4, -0.2) is 52.6 Å². The van der Waals surface area contributed by atoms with E-state index in [1.165, 1.54) is 30.8 Å². The molecule has 2 heterocycles. The van der Waals surface area contributed by atoms with E-state index in [0.29, 0.717) is 24.7 Å². The van der Waals surface area contributed by atoms with Gasteiger partial charge in [-0.25, -0.2) is 4.39 Å². The Bertz CT molecular complexity index is 675. The van der Waals surface area contributed by atoms with Crippen molar-refractivity contribution < 1.29 is 13.9 Å². The molecule has 0 aliphatic carbocycles. The van der Waals surface area contributed by atoms with Crippen molar-refractivity contribution >= 4 is 23.5 Å². The van der Waals surface area contributed by atoms with Gasteiger partial charge in [0.1, 0.15) is 0 Å². The van der Waals surface area contributed by atoms with Crippen molar-refractivity contribution in [3.8, 4) is 0 Å². The number of halogens is 1. The minimum Gasteiger partial charge on any atom is -0.378 e. The maximum atomic E-state index is 12.8. The number of Topliss-reactive ketones (excluding diaryl/α,β-unsaturated/α-hetero) is 1. The van der Waals surface area contributed by atoms with Gasteiger partial charge in [0.15, 0.2) is 10.9 Å². The molecule has 1 aliphatic rings. The van der Waals surface area contributed by atoms with Gasteiger partial charge in [0.2, 0.25) is 5.95 Å². The van der Waals surface area contributed by atoms with E-state index in [9.17, 15) is 9.18 Å². The molecule has 0 N–H and O–H groups in total. The lowest BCUT2D eigenvalue weighted by molar-refractivity contribution is -0.113. The van der Waals surface area contributed by atoms with Crippen LogP contribution in [0.2, 0.25) is 0 Å². The van der Waals surface area contributed by atoms with Crippen molar-refractivity contribution in [2.24, 2.45) is 5.92 Å². The number of thioether (sulfide) groups is 1. The van der Waals surface area contributed by atoms with Crippen LogP contribution >= 0.6 is 11.8 Å². The van der Waals surface area contributed by atoms with E-state index in [4.69, 9.17) is 4.74 Å². The molecule has 2 rings (SSSR count). The fourth-order valence-electron chi connectivity index (χ4n) is 2.49. The number of carbonyl (C=O) groups excluding carboxylic acids is 1. The molecule has 1 saturated heterocycles. The number of aromatic nitrogens is 3. The molecule has 8 heteroatoms. The zero-order valence-corrected chi connectivity index (χ0v) is 16.7. The first-order valence-electron chi connectivity index (χ1n) is 8.81. The Balaban J connectivity index is 2.10. The van der Waals surface area contributed by atoms with Crippen LogP contribution in [0.4, 0.5) is 10.3 Å². The van der Waals surface area contributed by atoms with Gasteiger partial charge in [-0.15, -0.1) is 10.2 Å². The lowest BCUT2D eigenvalue weighted by atomic mass is 10.2. The maximum absolute atomic E-state index is 12.8. The van der Waals surface area contributed by atoms with E-state index >= 15 is 0 Å². The second-order valence-corrected chi connectivity index (χ2v) is 7.64. The van der Waals surface area contributed by atoms with Crippen LogP contribution in [0.15, 0.2) is 28.7 Å². The number of anilines is 1. The largest absolute Gasteiger partial charge is 0.378 e. The predicted octanol–water partition coefficient (Wildman–Crippen LogP) is 3.25. The average Bonchev–Trinajstić information content (AvgIpc) is 3.00. The molecule has 0 amide bonds. The van der Waals surface area contributed by atoms with E-state index in [0.717, 1.165) is 30.7 Å². The van der Waals surface area contributed by atoms with E-state index in [1.807, 2.05) is 0 Å². The molecule has 0 atom stereocenters. The molecule has 26 heavy (non-hydrogen) atoms. The van der Waals surface area contributed by atoms with Gasteiger partial charge in [-0.1, -0.05) is 31.7 Å². The van der Waals surface area contributed by atoms with Gasteiger partial charge >= 0.3 is 0 Å². The van der Waals surface area contributed by atoms with Crippen molar-refractivity contribution in [1.29, 1.82) is 0 Å². The number of rotatable bonds is 8. The molecule has 6 nitrogen and oxygen atoms in total. The summed E-state index contributed by atoms with van der Waals surface area (Å²) >= 11 is 1.37. The maximum Gasteiger partial charge on any atom is 0.228 e. The Kier molecular flexibility index (Phi) is 7.84. The molecule has 0 aromatic carbocycles. The molecule has 0 radical (unpaired) electrons. The molecule has 0 bridgehead atoms. The molecule has 0 saturated carbocycles. The van der Waals surface area contributed by atoms with Crippen LogP contribution in [0.25, 0.3) is 0 Å². The third-order valence-electron chi connectivity index (χ3n) is 3.87. The summed E-state index contributed by atoms with van der Waals surface area (Å²) in [5, 5.41) is 9.39. The summed E-state index contributed by atoms with van der Waals surface area (Å²) in [6.45, 7) is 11.1. The van der Waals surface area contributed by atoms with E-state index < -0.39 is 0 Å². The third-order valence-corrected chi connectivity index (χ3v) is 4.84. The van der Waals surface area contributed by atoms with Gasteiger partial charge in [0.25, 0.3) is 0 Å². The molecular formula is C18H27FN4O2S. The molecule has 0 unspecified atom stereocenters. The zero-order valence-electron chi connectivity index (χ0n) is 15.9. The number of carbonyl (C=O) groups is 1. The van der Waals surface area contributed by atoms with Crippen LogP contribution in [0.1, 0.15) is 27.7 Å². The first kappa shape index (κ1) is 20.6. The summed E-state index contributed by atoms with van der Waals surface area (Å²) in [4.78, 5) is 14.4. The first-order chi connectivity index (χ1) is 12.4. The van der Waals surface area contributed by atoms with Crippen molar-refractivity contribution in [2.45, 2.75) is 39.4 Å². The zero-order chi connectivity index (χ0) is 19.1. The van der Waals surface area contributed by atoms with E-state index in [2.05, 4.69) is 33.5 Å². The number of allylic oxidation sites excluding steroid dienone is 4. The van der Waals surface area contributed by atoms with Gasteiger partial charge < -0.3 is 9.64 Å². The summed E-state index contributed by atoms with van der Waals surface area (Å²) in [6.07, 6.45) is 2.81. The highest BCUT2D eigenvalue weighted by Gasteiger charge is 2.21. The second kappa shape index (κ2) is 9.87. The van der Waals surface area contributed by atoms with Crippen molar-refractivity contribution in [1.82, 2.24) is 14.8 Å². The Morgan fingerprint density at radius 2 is 1.96 bits per heavy atom. The Morgan fingerprint density at radius 3 is 2.58 bits per heavy atom. The Labute approximate surface area is 158 Å². The minimum atomic E-state index is -0.323. The highest BCUT2D eigenvalue weighted by atomic mass is 32.2. The molecule has 144 valence electrons. The van der Waals surface area contributed by atoms with E-state index in [-0.39, 0.29) is 17.4 Å². The lowest BCUT2D eigenvalue weighted by Crippen LogP contribution is -2.38. The predicted molar refractivity (Wildman–Crippen MR) is 102 cm³/mol. The lowest BCUT2D eigenvalue weighted by Gasteiger charge is -2.28. The Morgan fingerprint density at radius 1 is 1.27 bits per heavy atom. The average molecular weight is 383 g/mol. The highest BCUT2D eigenvalue weighted by Crippen LogP contribution is 2.24. The van der Waals surface area contributed by atoms with Gasteiger partial charge in [-0.05, 0) is 31.4 Å². The van der Waals surface area contributed by atoms with Gasteiger partial charge in [0, 0.05) is 19.6 Å². The molecule has 1 aromatic heterocycles. The monoisotopic (exact) mass is 382 g/mol. The van der Waals surface area contributed by atoms with Gasteiger partial charge in [0.05, 0.1) is 24.8 Å². The molecule has 1 fully saturated rings. The minimum absolute atomic E-state index is 0.0421. The van der Waals surface area contributed by atoms with Crippen LogP contribution in [0.3, 0.4) is 0 Å². The summed E-state index contributed by atoms with van der Waals surface area (Å²) in [5.41, 5.74) is 0.526. The van der Waals surface area contributed by atoms with Crippen LogP contribution in [0.5, 0.6) is 0 Å². The fourth-order valence-corrected chi connectivity index (χ4v) is 3.39. The second-order valence-electron chi connectivity index (χ2n) is 6.70. The molecule has 1 aliphatic heterocycles. The summed E-state index contributed by atoms with van der Waals surface area (Å²) in [7, 11) is 0. The van der Waals surface area contributed by atoms with Crippen LogP contribution < -0.4 is 4.90 Å². The summed E-state index contributed by atoms with van der Waals surface area (Å²) in [5.74, 6) is 1.15. The van der Waals surface area contributed by atoms with Crippen molar-refractivity contribution in [3.05, 3.63) is 23.6 Å². The van der Waals surface area contributed by atoms with Crippen LogP contribution in [-0.2, 0) is 16.1 Å². The third kappa shape index (κ3) is 5.95. The number of ether oxygens (including phenoxy) is 1. The van der Waals surface area contributed by atoms with Crippen molar-refractivity contribution in [3.63, 3.8) is 0 Å². The molecule has 0 spiro atoms. The fraction of sp³-hybridized carbons (Fsp3) is 0.611. The number of ketones is 1. The normalized spacial score (nSPS) is 16.5. The first-order valence-corrected chi connectivity index (χ1v) is 9.79.